The normalized spacial score (nSPS) is 22.3. The van der Waals surface area contributed by atoms with E-state index < -0.39 is 28.6 Å². The fourth-order valence-electron chi connectivity index (χ4n) is 4.63. The molecule has 0 radical (unpaired) electrons. The van der Waals surface area contributed by atoms with Crippen molar-refractivity contribution in [1.29, 1.82) is 10.8 Å². The molecule has 3 unspecified atom stereocenters. The number of rotatable bonds is 5. The Morgan fingerprint density at radius 1 is 1.22 bits per heavy atom. The molecule has 37 heavy (non-hydrogen) atoms. The van der Waals surface area contributed by atoms with Gasteiger partial charge < -0.3 is 9.47 Å². The van der Waals surface area contributed by atoms with E-state index in [1.165, 1.54) is 29.1 Å². The maximum absolute atomic E-state index is 15.5. The Kier molecular flexibility index (Phi) is 6.54. The SMILES string of the molecule is CC1C=C(c2ccc(=N)n(C(=N)C(F)(F)c3ccc4nn(C)cc4c3F)n2)C=NCC1CC1COCO1. The van der Waals surface area contributed by atoms with Gasteiger partial charge in [-0.05, 0) is 42.5 Å². The Bertz CT molecular complexity index is 1470. The summed E-state index contributed by atoms with van der Waals surface area (Å²) >= 11 is 0. The van der Waals surface area contributed by atoms with Crippen molar-refractivity contribution in [3.05, 3.63) is 59.1 Å². The van der Waals surface area contributed by atoms with Crippen molar-refractivity contribution in [2.75, 3.05) is 19.9 Å². The number of fused-ring (bicyclic) bond motifs is 1. The van der Waals surface area contributed by atoms with Gasteiger partial charge >= 0.3 is 5.92 Å². The van der Waals surface area contributed by atoms with Crippen molar-refractivity contribution in [3.8, 4) is 0 Å². The second-order valence-electron chi connectivity index (χ2n) is 9.35. The van der Waals surface area contributed by atoms with E-state index in [-0.39, 0.29) is 41.3 Å². The quantitative estimate of drug-likeness (QED) is 0.402. The summed E-state index contributed by atoms with van der Waals surface area (Å²) in [6.45, 7) is 3.42. The number of hydrogen-bond acceptors (Lipinski definition) is 7. The van der Waals surface area contributed by atoms with Crippen LogP contribution in [0.2, 0.25) is 0 Å². The molecule has 2 aliphatic heterocycles. The summed E-state index contributed by atoms with van der Waals surface area (Å²) < 4.78 is 58.6. The summed E-state index contributed by atoms with van der Waals surface area (Å²) in [5, 5.41) is 24.5. The molecule has 3 aromatic rings. The first-order valence-electron chi connectivity index (χ1n) is 11.8. The molecule has 1 saturated heterocycles. The molecule has 2 aliphatic rings. The second-order valence-corrected chi connectivity index (χ2v) is 9.35. The number of alkyl halides is 2. The minimum atomic E-state index is -4.06. The molecule has 0 spiro atoms. The number of benzene rings is 1. The minimum absolute atomic E-state index is 0.00877. The van der Waals surface area contributed by atoms with Crippen LogP contribution in [0, 0.1) is 28.5 Å². The number of halogens is 3. The van der Waals surface area contributed by atoms with Crippen molar-refractivity contribution < 1.29 is 22.6 Å². The van der Waals surface area contributed by atoms with Gasteiger partial charge in [0, 0.05) is 31.6 Å². The zero-order valence-electron chi connectivity index (χ0n) is 20.3. The first-order valence-corrected chi connectivity index (χ1v) is 11.8. The van der Waals surface area contributed by atoms with Gasteiger partial charge in [0.15, 0.2) is 5.84 Å². The summed E-state index contributed by atoms with van der Waals surface area (Å²) in [7, 11) is 1.56. The topological polar surface area (TPSA) is 114 Å². The maximum Gasteiger partial charge on any atom is 0.334 e. The van der Waals surface area contributed by atoms with Gasteiger partial charge in [0.25, 0.3) is 0 Å². The van der Waals surface area contributed by atoms with Gasteiger partial charge in [-0.25, -0.2) is 4.39 Å². The number of aryl methyl sites for hydroxylation is 1. The van der Waals surface area contributed by atoms with Crippen LogP contribution in [0.4, 0.5) is 13.2 Å². The van der Waals surface area contributed by atoms with Crippen LogP contribution in [-0.4, -0.2) is 57.7 Å². The van der Waals surface area contributed by atoms with E-state index in [2.05, 4.69) is 15.2 Å². The van der Waals surface area contributed by atoms with Crippen LogP contribution in [0.15, 0.2) is 41.5 Å². The molecule has 2 aromatic heterocycles. The molecule has 1 fully saturated rings. The summed E-state index contributed by atoms with van der Waals surface area (Å²) in [5.74, 6) is -6.30. The van der Waals surface area contributed by atoms with Crippen molar-refractivity contribution >= 4 is 28.5 Å². The fraction of sp³-hybridized carbons (Fsp3) is 0.400. The van der Waals surface area contributed by atoms with Gasteiger partial charge in [-0.15, -0.1) is 0 Å². The van der Waals surface area contributed by atoms with E-state index in [0.717, 1.165) is 12.5 Å². The zero-order chi connectivity index (χ0) is 26.3. The lowest BCUT2D eigenvalue weighted by atomic mass is 9.88. The fourth-order valence-corrected chi connectivity index (χ4v) is 4.63. The monoisotopic (exact) mass is 513 g/mol. The van der Waals surface area contributed by atoms with E-state index in [1.54, 1.807) is 13.3 Å². The highest BCUT2D eigenvalue weighted by molar-refractivity contribution is 6.09. The van der Waals surface area contributed by atoms with Crippen LogP contribution < -0.4 is 5.49 Å². The summed E-state index contributed by atoms with van der Waals surface area (Å²) in [4.78, 5) is 4.49. The molecule has 2 N–H and O–H groups in total. The van der Waals surface area contributed by atoms with Gasteiger partial charge in [-0.3, -0.25) is 20.5 Å². The lowest BCUT2D eigenvalue weighted by molar-refractivity contribution is 0.0387. The number of aromatic nitrogens is 4. The standard InChI is InChI=1S/C25H26F3N7O2/c1-14-7-16(10-31-9-15(14)8-17-12-36-13-37-17)20-5-6-22(29)35(33-20)24(30)25(27,28)19-3-4-21-18(23(19)26)11-34(2)32-21/h3-7,10-11,14-15,17,29-30H,8-9,12-13H2,1-2H3. The van der Waals surface area contributed by atoms with E-state index in [1.807, 2.05) is 13.0 Å². The number of allylic oxidation sites excluding steroid dienone is 2. The Balaban J connectivity index is 1.45. The molecule has 3 atom stereocenters. The third-order valence-corrected chi connectivity index (χ3v) is 6.73. The van der Waals surface area contributed by atoms with Gasteiger partial charge in [-0.1, -0.05) is 13.0 Å². The molecule has 0 amide bonds. The van der Waals surface area contributed by atoms with E-state index in [0.29, 0.717) is 23.4 Å². The first kappa shape index (κ1) is 25.0. The smallest absolute Gasteiger partial charge is 0.334 e. The predicted octanol–water partition coefficient (Wildman–Crippen LogP) is 3.49. The molecule has 0 saturated carbocycles. The predicted molar refractivity (Wildman–Crippen MR) is 130 cm³/mol. The third-order valence-electron chi connectivity index (χ3n) is 6.73. The number of nitrogens with zero attached hydrogens (tertiary/aromatic N) is 5. The van der Waals surface area contributed by atoms with Crippen molar-refractivity contribution in [3.63, 3.8) is 0 Å². The van der Waals surface area contributed by atoms with E-state index >= 15 is 13.2 Å². The summed E-state index contributed by atoms with van der Waals surface area (Å²) in [6, 6.07) is 4.98. The van der Waals surface area contributed by atoms with E-state index in [9.17, 15) is 0 Å². The van der Waals surface area contributed by atoms with E-state index in [4.69, 9.17) is 20.3 Å². The van der Waals surface area contributed by atoms with Crippen molar-refractivity contribution in [1.82, 2.24) is 19.6 Å². The van der Waals surface area contributed by atoms with Gasteiger partial charge in [-0.2, -0.15) is 23.7 Å². The molecule has 12 heteroatoms. The van der Waals surface area contributed by atoms with Crippen LogP contribution in [0.3, 0.4) is 0 Å². The lowest BCUT2D eigenvalue weighted by Gasteiger charge is -2.21. The zero-order valence-corrected chi connectivity index (χ0v) is 20.3. The highest BCUT2D eigenvalue weighted by Gasteiger charge is 2.42. The van der Waals surface area contributed by atoms with Crippen LogP contribution in [-0.2, 0) is 22.4 Å². The summed E-state index contributed by atoms with van der Waals surface area (Å²) in [5.41, 5.74) is -0.337. The molecule has 9 nitrogen and oxygen atoms in total. The van der Waals surface area contributed by atoms with Crippen LogP contribution >= 0.6 is 0 Å². The molecular weight excluding hydrogens is 487 g/mol. The van der Waals surface area contributed by atoms with Gasteiger partial charge in [0.05, 0.1) is 34.9 Å². The largest absolute Gasteiger partial charge is 0.353 e. The number of nitrogens with one attached hydrogen (secondary N) is 2. The molecule has 194 valence electrons. The molecule has 0 bridgehead atoms. The average Bonchev–Trinajstić information content (AvgIpc) is 3.47. The average molecular weight is 514 g/mol. The number of aliphatic imine (C=N–C) groups is 1. The number of ether oxygens (including phenoxy) is 2. The Labute approximate surface area is 210 Å². The maximum atomic E-state index is 15.5. The van der Waals surface area contributed by atoms with Crippen molar-refractivity contribution in [2.45, 2.75) is 25.4 Å². The Morgan fingerprint density at radius 2 is 2.03 bits per heavy atom. The second kappa shape index (κ2) is 9.67. The molecule has 4 heterocycles. The van der Waals surface area contributed by atoms with Crippen molar-refractivity contribution in [2.24, 2.45) is 23.9 Å². The van der Waals surface area contributed by atoms with Crippen LogP contribution in [0.25, 0.3) is 16.5 Å². The first-order chi connectivity index (χ1) is 17.6. The Morgan fingerprint density at radius 3 is 2.78 bits per heavy atom. The lowest BCUT2D eigenvalue weighted by Crippen LogP contribution is -2.40. The highest BCUT2D eigenvalue weighted by Crippen LogP contribution is 2.34. The van der Waals surface area contributed by atoms with Gasteiger partial charge in [0.2, 0.25) is 0 Å². The third kappa shape index (κ3) is 4.74. The number of hydrogen-bond donors (Lipinski definition) is 2. The van der Waals surface area contributed by atoms with Crippen LogP contribution in [0.1, 0.15) is 24.6 Å². The molecular formula is C25H26F3N7O2. The molecule has 5 rings (SSSR count). The molecule has 1 aromatic carbocycles. The highest BCUT2D eigenvalue weighted by atomic mass is 19.3. The summed E-state index contributed by atoms with van der Waals surface area (Å²) in [6.07, 6.45) is 5.65. The Hall–Kier alpha value is -3.64. The van der Waals surface area contributed by atoms with Gasteiger partial charge in [0.1, 0.15) is 18.1 Å². The van der Waals surface area contributed by atoms with Crippen LogP contribution in [0.5, 0.6) is 0 Å². The molecule has 0 aliphatic carbocycles. The minimum Gasteiger partial charge on any atom is -0.353 e.